The summed E-state index contributed by atoms with van der Waals surface area (Å²) in [7, 11) is -18.6. The molecule has 1 aromatic heterocycles. The molecule has 0 aliphatic carbocycles. The number of nitrogens with one attached hydrogen (secondary N) is 1. The van der Waals surface area contributed by atoms with Gasteiger partial charge < -0.3 is 78.8 Å². The Morgan fingerprint density at radius 3 is 1.30 bits per heavy atom. The van der Waals surface area contributed by atoms with Gasteiger partial charge in [-0.3, -0.25) is 14.3 Å². The number of aliphatic hydroxyl groups excluding tert-OH is 3. The van der Waals surface area contributed by atoms with E-state index in [-0.39, 0.29) is 0 Å². The maximum atomic E-state index is 11.4. The second-order valence-electron chi connectivity index (χ2n) is 5.80. The van der Waals surface area contributed by atoms with Crippen LogP contribution in [0.2, 0.25) is 0 Å². The molecule has 1 aliphatic heterocycles. The molecule has 0 aromatic carbocycles. The fraction of sp³-hybridized carbons (Fsp3) is 0.556. The van der Waals surface area contributed by atoms with Crippen molar-refractivity contribution in [3.63, 3.8) is 0 Å². The van der Waals surface area contributed by atoms with Gasteiger partial charge in [0.15, 0.2) is 6.23 Å². The van der Waals surface area contributed by atoms with Crippen molar-refractivity contribution >= 4 is 31.3 Å². The second-order valence-corrected chi connectivity index (χ2v) is 9.91. The lowest BCUT2D eigenvalue weighted by molar-refractivity contribution is -0.0550. The van der Waals surface area contributed by atoms with Gasteiger partial charge in [0.05, 0.1) is 6.61 Å². The molecule has 0 amide bonds. The van der Waals surface area contributed by atoms with Crippen LogP contribution in [-0.2, 0) is 23.0 Å². The predicted octanol–water partition coefficient (Wildman–Crippen LogP) is -6.57. The molecule has 1 fully saturated rings. The van der Waals surface area contributed by atoms with E-state index in [0.717, 1.165) is 16.8 Å². The van der Waals surface area contributed by atoms with E-state index in [1.54, 1.807) is 0 Å². The number of aromatic nitrogens is 2. The monoisotopic (exact) mass is 636 g/mol. The van der Waals surface area contributed by atoms with Crippen LogP contribution in [0.25, 0.3) is 0 Å². The number of hydrogen-bond donors (Lipinski definition) is 16. The Balaban J connectivity index is -0.000000476. The number of rotatable bonds is 2. The average Bonchev–Trinajstić information content (AvgIpc) is 2.84. The van der Waals surface area contributed by atoms with Crippen LogP contribution < -0.4 is 11.2 Å². The largest absolute Gasteiger partial charge is 0.466 e. The molecule has 1 aliphatic rings. The molecule has 0 unspecified atom stereocenters. The summed E-state index contributed by atoms with van der Waals surface area (Å²) in [6.45, 7) is -0.479. The quantitative estimate of drug-likeness (QED) is 0.134. The molecular formula is C9H24N2O22P4. The predicted molar refractivity (Wildman–Crippen MR) is 111 cm³/mol. The minimum absolute atomic E-state index is 0.479. The Morgan fingerprint density at radius 2 is 1.05 bits per heavy atom. The van der Waals surface area contributed by atoms with Crippen molar-refractivity contribution < 1.29 is 97.0 Å². The molecule has 37 heavy (non-hydrogen) atoms. The number of aromatic amines is 1. The highest BCUT2D eigenvalue weighted by molar-refractivity contribution is 7.45. The van der Waals surface area contributed by atoms with Crippen molar-refractivity contribution in [2.24, 2.45) is 0 Å². The molecule has 24 nitrogen and oxygen atoms in total. The highest BCUT2D eigenvalue weighted by Crippen LogP contribution is 2.28. The SMILES string of the molecule is O=P(O)(O)O.O=P(O)(O)O.O=P(O)(O)O.O=P(O)(O)O.O=c1ccn([C@@H]2O[C@H](CO)[C@@H](O)[C@H]2O)c(=O)[nH]1. The van der Waals surface area contributed by atoms with Gasteiger partial charge in [-0.1, -0.05) is 0 Å². The molecule has 0 bridgehead atoms. The summed E-state index contributed by atoms with van der Waals surface area (Å²) < 4.78 is 41.6. The van der Waals surface area contributed by atoms with Crippen molar-refractivity contribution in [1.29, 1.82) is 0 Å². The zero-order chi connectivity index (χ0) is 30.6. The zero-order valence-electron chi connectivity index (χ0n) is 17.5. The van der Waals surface area contributed by atoms with E-state index in [9.17, 15) is 19.8 Å². The minimum atomic E-state index is -4.64. The van der Waals surface area contributed by atoms with Crippen LogP contribution in [-0.4, -0.2) is 109 Å². The normalized spacial score (nSPS) is 21.5. The van der Waals surface area contributed by atoms with Gasteiger partial charge in [0.2, 0.25) is 0 Å². The van der Waals surface area contributed by atoms with Crippen LogP contribution in [0.3, 0.4) is 0 Å². The lowest BCUT2D eigenvalue weighted by Gasteiger charge is -2.16. The Bertz CT molecular complexity index is 979. The van der Waals surface area contributed by atoms with Crippen LogP contribution in [0.1, 0.15) is 6.23 Å². The molecular weight excluding hydrogens is 612 g/mol. The highest BCUT2D eigenvalue weighted by atomic mass is 31.2. The van der Waals surface area contributed by atoms with Crippen LogP contribution in [0.5, 0.6) is 0 Å². The Kier molecular flexibility index (Phi) is 18.4. The molecule has 28 heteroatoms. The standard InChI is InChI=1S/C9H12N2O6.4H3O4P/c12-3-4-6(14)7(15)8(17-4)11-2-1-5(13)10-9(11)16;4*1-5(2,3)4/h1-2,4,6-8,12,14-15H,3H2,(H,10,13,16);4*(H3,1,2,3,4)/t4-,6-,7-,8-;;;;/m1..../s1. The minimum Gasteiger partial charge on any atom is -0.394 e. The van der Waals surface area contributed by atoms with E-state index in [1.807, 2.05) is 4.98 Å². The van der Waals surface area contributed by atoms with Gasteiger partial charge in [0.1, 0.15) is 18.3 Å². The lowest BCUT2D eigenvalue weighted by atomic mass is 10.1. The molecule has 4 atom stereocenters. The summed E-state index contributed by atoms with van der Waals surface area (Å²) in [5.74, 6) is 0. The number of phosphoric acid groups is 4. The van der Waals surface area contributed by atoms with E-state index in [0.29, 0.717) is 0 Å². The van der Waals surface area contributed by atoms with Crippen molar-refractivity contribution in [3.8, 4) is 0 Å². The molecule has 0 spiro atoms. The van der Waals surface area contributed by atoms with E-state index >= 15 is 0 Å². The summed E-state index contributed by atoms with van der Waals surface area (Å²) in [4.78, 5) is 111. The molecule has 1 aromatic rings. The Hall–Kier alpha value is -1.04. The van der Waals surface area contributed by atoms with Crippen molar-refractivity contribution in [3.05, 3.63) is 33.1 Å². The number of aliphatic hydroxyl groups is 3. The first-order valence-corrected chi connectivity index (χ1v) is 14.4. The molecule has 0 saturated carbocycles. The third-order valence-electron chi connectivity index (χ3n) is 2.64. The van der Waals surface area contributed by atoms with Gasteiger partial charge in [-0.2, -0.15) is 0 Å². The maximum Gasteiger partial charge on any atom is 0.466 e. The summed E-state index contributed by atoms with van der Waals surface area (Å²) in [5, 5.41) is 28.1. The first-order valence-electron chi connectivity index (χ1n) is 8.11. The Labute approximate surface area is 202 Å². The van der Waals surface area contributed by atoms with Gasteiger partial charge in [-0.25, -0.2) is 23.1 Å². The number of hydrogen-bond acceptors (Lipinski definition) is 10. The summed E-state index contributed by atoms with van der Waals surface area (Å²) in [6, 6.07) is 1.09. The zero-order valence-corrected chi connectivity index (χ0v) is 21.1. The van der Waals surface area contributed by atoms with Crippen molar-refractivity contribution in [2.45, 2.75) is 24.5 Å². The molecule has 2 rings (SSSR count). The van der Waals surface area contributed by atoms with Crippen LogP contribution in [0, 0.1) is 0 Å². The van der Waals surface area contributed by atoms with Crippen molar-refractivity contribution in [2.75, 3.05) is 6.61 Å². The number of ether oxygens (including phenoxy) is 1. The number of nitrogens with zero attached hydrogens (tertiary/aromatic N) is 1. The topological polar surface area (TPSA) is 436 Å². The number of H-pyrrole nitrogens is 1. The second kappa shape index (κ2) is 16.8. The molecule has 2 heterocycles. The van der Waals surface area contributed by atoms with E-state index in [4.69, 9.17) is 86.8 Å². The summed E-state index contributed by atoms with van der Waals surface area (Å²) in [5.41, 5.74) is -1.33. The van der Waals surface area contributed by atoms with Crippen LogP contribution in [0.15, 0.2) is 21.9 Å². The summed E-state index contributed by atoms with van der Waals surface area (Å²) >= 11 is 0. The Morgan fingerprint density at radius 1 is 0.730 bits per heavy atom. The van der Waals surface area contributed by atoms with Gasteiger partial charge in [-0.05, 0) is 0 Å². The van der Waals surface area contributed by atoms with Crippen molar-refractivity contribution in [1.82, 2.24) is 9.55 Å². The van der Waals surface area contributed by atoms with E-state index < -0.39 is 73.7 Å². The molecule has 16 N–H and O–H groups in total. The maximum absolute atomic E-state index is 11.4. The average molecular weight is 636 g/mol. The third-order valence-corrected chi connectivity index (χ3v) is 2.64. The summed E-state index contributed by atoms with van der Waals surface area (Å²) in [6.07, 6.45) is -3.58. The van der Waals surface area contributed by atoms with Gasteiger partial charge >= 0.3 is 37.0 Å². The highest BCUT2D eigenvalue weighted by Gasteiger charge is 2.43. The lowest BCUT2D eigenvalue weighted by Crippen LogP contribution is -2.37. The van der Waals surface area contributed by atoms with E-state index in [2.05, 4.69) is 0 Å². The fourth-order valence-electron chi connectivity index (χ4n) is 1.74. The van der Waals surface area contributed by atoms with Crippen LogP contribution in [0.4, 0.5) is 0 Å². The first kappa shape index (κ1) is 40.5. The molecule has 222 valence electrons. The smallest absolute Gasteiger partial charge is 0.394 e. The van der Waals surface area contributed by atoms with Crippen LogP contribution >= 0.6 is 31.3 Å². The molecule has 0 radical (unpaired) electrons. The van der Waals surface area contributed by atoms with E-state index in [1.165, 1.54) is 0 Å². The third kappa shape index (κ3) is 32.9. The fourth-order valence-corrected chi connectivity index (χ4v) is 1.74. The van der Waals surface area contributed by atoms with Gasteiger partial charge in [-0.15, -0.1) is 0 Å². The van der Waals surface area contributed by atoms with Gasteiger partial charge in [0.25, 0.3) is 5.56 Å². The van der Waals surface area contributed by atoms with Gasteiger partial charge in [0, 0.05) is 12.3 Å². The first-order chi connectivity index (χ1) is 16.0. The molecule has 1 saturated heterocycles.